The van der Waals surface area contributed by atoms with Crippen molar-refractivity contribution in [3.8, 4) is 0 Å². The molecule has 0 radical (unpaired) electrons. The Morgan fingerprint density at radius 2 is 1.89 bits per heavy atom. The quantitative estimate of drug-likeness (QED) is 0.199. The zero-order chi connectivity index (χ0) is 14.0. The second kappa shape index (κ2) is 8.84. The van der Waals surface area contributed by atoms with E-state index in [0.717, 1.165) is 0 Å². The number of esters is 1. The van der Waals surface area contributed by atoms with E-state index in [-0.39, 0.29) is 23.5 Å². The van der Waals surface area contributed by atoms with Crippen LogP contribution in [0.1, 0.15) is 19.8 Å². The van der Waals surface area contributed by atoms with Crippen molar-refractivity contribution in [2.24, 2.45) is 0 Å². The molecule has 0 aromatic rings. The molecule has 0 aliphatic heterocycles. The molecule has 0 spiro atoms. The maximum absolute atomic E-state index is 11.6. The van der Waals surface area contributed by atoms with Crippen LogP contribution in [0.5, 0.6) is 0 Å². The van der Waals surface area contributed by atoms with Crippen LogP contribution in [-0.2, 0) is 28.2 Å². The fraction of sp³-hybridized carbons (Fsp3) is 0.636. The molecule has 0 saturated heterocycles. The fourth-order valence-corrected chi connectivity index (χ4v) is 1.68. The third-order valence-corrected chi connectivity index (χ3v) is 2.72. The first-order valence-electron chi connectivity index (χ1n) is 5.54. The molecule has 0 aromatic carbocycles. The molecule has 0 rings (SSSR count). The zero-order valence-electron chi connectivity index (χ0n) is 11.2. The first kappa shape index (κ1) is 16.8. The van der Waals surface area contributed by atoms with Crippen LogP contribution in [0.4, 0.5) is 0 Å². The lowest BCUT2D eigenvalue weighted by Crippen LogP contribution is -2.44. The van der Waals surface area contributed by atoms with Crippen molar-refractivity contribution < 1.29 is 28.2 Å². The summed E-state index contributed by atoms with van der Waals surface area (Å²) in [6.07, 6.45) is 3.60. The molecule has 0 amide bonds. The minimum Gasteiger partial charge on any atom is -0.525 e. The molecule has 6 nitrogen and oxygen atoms in total. The zero-order valence-corrected chi connectivity index (χ0v) is 13.2. The average Bonchev–Trinajstić information content (AvgIpc) is 2.39. The monoisotopic (exact) mass is 276 g/mol. The van der Waals surface area contributed by atoms with Gasteiger partial charge in [0.25, 0.3) is 5.79 Å². The first-order valence-corrected chi connectivity index (χ1v) is 6.36. The minimum atomic E-state index is -1.41. The Labute approximate surface area is 110 Å². The Hall–Kier alpha value is -1.18. The normalized spacial score (nSPS) is 11.7. The van der Waals surface area contributed by atoms with Gasteiger partial charge >= 0.3 is 11.9 Å². The highest BCUT2D eigenvalue weighted by molar-refractivity contribution is 6.06. The van der Waals surface area contributed by atoms with E-state index in [1.165, 1.54) is 20.3 Å². The summed E-state index contributed by atoms with van der Waals surface area (Å²) in [7, 11) is 3.00. The van der Waals surface area contributed by atoms with Gasteiger partial charge in [-0.25, -0.2) is 9.59 Å². The van der Waals surface area contributed by atoms with Crippen molar-refractivity contribution in [3.63, 3.8) is 0 Å². The van der Waals surface area contributed by atoms with E-state index in [9.17, 15) is 9.59 Å². The third-order valence-electron chi connectivity index (χ3n) is 2.35. The van der Waals surface area contributed by atoms with E-state index in [1.807, 2.05) is 0 Å². The SMILES string of the molecule is CC=CC(=O)OCCCC(OC)(OC)C(=O)O[SiH3]. The van der Waals surface area contributed by atoms with Crippen molar-refractivity contribution in [2.45, 2.75) is 25.6 Å². The summed E-state index contributed by atoms with van der Waals surface area (Å²) >= 11 is 0. The Morgan fingerprint density at radius 1 is 1.28 bits per heavy atom. The van der Waals surface area contributed by atoms with Gasteiger partial charge < -0.3 is 18.6 Å². The van der Waals surface area contributed by atoms with Crippen molar-refractivity contribution in [1.82, 2.24) is 0 Å². The van der Waals surface area contributed by atoms with Gasteiger partial charge in [-0.05, 0) is 13.3 Å². The van der Waals surface area contributed by atoms with Crippen molar-refractivity contribution in [2.75, 3.05) is 20.8 Å². The molecule has 0 bridgehead atoms. The topological polar surface area (TPSA) is 71.1 Å². The summed E-state index contributed by atoms with van der Waals surface area (Å²) in [4.78, 5) is 22.6. The van der Waals surface area contributed by atoms with Gasteiger partial charge in [-0.2, -0.15) is 0 Å². The maximum atomic E-state index is 11.6. The molecule has 0 atom stereocenters. The second-order valence-corrected chi connectivity index (χ2v) is 3.83. The smallest absolute Gasteiger partial charge is 0.352 e. The molecule has 104 valence electrons. The maximum Gasteiger partial charge on any atom is 0.352 e. The number of hydrogen-bond donors (Lipinski definition) is 0. The molecule has 18 heavy (non-hydrogen) atoms. The second-order valence-electron chi connectivity index (χ2n) is 3.42. The van der Waals surface area contributed by atoms with Crippen molar-refractivity contribution in [1.29, 1.82) is 0 Å². The van der Waals surface area contributed by atoms with Gasteiger partial charge in [-0.15, -0.1) is 0 Å². The lowest BCUT2D eigenvalue weighted by Gasteiger charge is -2.27. The van der Waals surface area contributed by atoms with Crippen LogP contribution in [-0.4, -0.2) is 49.0 Å². The Balaban J connectivity index is 4.21. The number of hydrogen-bond acceptors (Lipinski definition) is 6. The molecular formula is C11H20O6Si. The molecule has 0 aliphatic rings. The Bertz CT molecular complexity index is 298. The van der Waals surface area contributed by atoms with Crippen LogP contribution in [0.25, 0.3) is 0 Å². The highest BCUT2D eigenvalue weighted by atomic mass is 28.2. The van der Waals surface area contributed by atoms with E-state index >= 15 is 0 Å². The summed E-state index contributed by atoms with van der Waals surface area (Å²) in [6.45, 7) is 1.91. The van der Waals surface area contributed by atoms with Crippen molar-refractivity contribution in [3.05, 3.63) is 12.2 Å². The van der Waals surface area contributed by atoms with Crippen LogP contribution >= 0.6 is 0 Å². The molecular weight excluding hydrogens is 256 g/mol. The average molecular weight is 276 g/mol. The number of rotatable bonds is 8. The molecule has 0 heterocycles. The van der Waals surface area contributed by atoms with Crippen LogP contribution < -0.4 is 0 Å². The minimum absolute atomic E-state index is 0.187. The molecule has 0 fully saturated rings. The highest BCUT2D eigenvalue weighted by Gasteiger charge is 2.39. The highest BCUT2D eigenvalue weighted by Crippen LogP contribution is 2.20. The van der Waals surface area contributed by atoms with E-state index in [4.69, 9.17) is 18.6 Å². The van der Waals surface area contributed by atoms with Crippen LogP contribution in [0.15, 0.2) is 12.2 Å². The van der Waals surface area contributed by atoms with Gasteiger partial charge in [0.1, 0.15) is 0 Å². The molecule has 0 unspecified atom stereocenters. The van der Waals surface area contributed by atoms with Gasteiger partial charge in [0.05, 0.1) is 6.61 Å². The number of carbonyl (C=O) groups is 2. The molecule has 0 aromatic heterocycles. The van der Waals surface area contributed by atoms with Crippen LogP contribution in [0.3, 0.4) is 0 Å². The standard InChI is InChI=1S/C11H20O6Si/c1-4-6-9(12)16-8-5-7-11(14-2,15-3)10(13)17-18/h4,6H,5,7-8H2,1-3,18H3. The largest absolute Gasteiger partial charge is 0.525 e. The lowest BCUT2D eigenvalue weighted by atomic mass is 10.1. The Morgan fingerprint density at radius 3 is 2.33 bits per heavy atom. The molecule has 0 saturated carbocycles. The van der Waals surface area contributed by atoms with Gasteiger partial charge in [-0.3, -0.25) is 0 Å². The van der Waals surface area contributed by atoms with Gasteiger partial charge in [-0.1, -0.05) is 6.08 Å². The number of carbonyl (C=O) groups excluding carboxylic acids is 2. The van der Waals surface area contributed by atoms with E-state index in [1.54, 1.807) is 13.0 Å². The van der Waals surface area contributed by atoms with Crippen LogP contribution in [0.2, 0.25) is 0 Å². The number of ether oxygens (including phenoxy) is 3. The lowest BCUT2D eigenvalue weighted by molar-refractivity contribution is -0.225. The molecule has 0 N–H and O–H groups in total. The summed E-state index contributed by atoms with van der Waals surface area (Å²) < 4.78 is 19.8. The molecule has 7 heteroatoms. The van der Waals surface area contributed by atoms with Crippen molar-refractivity contribution >= 4 is 22.4 Å². The predicted octanol–water partition coefficient (Wildman–Crippen LogP) is -0.301. The van der Waals surface area contributed by atoms with E-state index in [0.29, 0.717) is 6.42 Å². The molecule has 0 aliphatic carbocycles. The van der Waals surface area contributed by atoms with Gasteiger partial charge in [0.15, 0.2) is 0 Å². The van der Waals surface area contributed by atoms with E-state index < -0.39 is 17.7 Å². The summed E-state index contributed by atoms with van der Waals surface area (Å²) in [5, 5.41) is 0. The Kier molecular flexibility index (Phi) is 8.26. The number of methoxy groups -OCH3 is 2. The van der Waals surface area contributed by atoms with Gasteiger partial charge in [0, 0.05) is 26.7 Å². The summed E-state index contributed by atoms with van der Waals surface area (Å²) in [5.41, 5.74) is 0. The van der Waals surface area contributed by atoms with Gasteiger partial charge in [0.2, 0.25) is 10.5 Å². The fourth-order valence-electron chi connectivity index (χ4n) is 1.37. The summed E-state index contributed by atoms with van der Waals surface area (Å²) in [6, 6.07) is 0. The van der Waals surface area contributed by atoms with Crippen LogP contribution in [0, 0.1) is 0 Å². The summed E-state index contributed by atoms with van der Waals surface area (Å²) in [5.74, 6) is -2.38. The first-order chi connectivity index (χ1) is 8.56. The number of allylic oxidation sites excluding steroid dienone is 1. The third kappa shape index (κ3) is 4.99. The predicted molar refractivity (Wildman–Crippen MR) is 67.8 cm³/mol. The van der Waals surface area contributed by atoms with E-state index in [2.05, 4.69) is 0 Å².